The molecule has 0 aromatic heterocycles. The zero-order valence-corrected chi connectivity index (χ0v) is 18.6. The minimum atomic E-state index is -0.452. The number of piperidine rings is 1. The maximum atomic E-state index is 12.8. The number of rotatable bonds is 4. The molecule has 2 bridgehead atoms. The fraction of sp³-hybridized carbons (Fsp3) is 0.708. The number of benzene rings is 1. The van der Waals surface area contributed by atoms with Crippen LogP contribution in [0.1, 0.15) is 66.4 Å². The Hall–Kier alpha value is -1.71. The molecule has 1 aromatic rings. The van der Waals surface area contributed by atoms with Crippen molar-refractivity contribution in [2.24, 2.45) is 11.3 Å². The lowest BCUT2D eigenvalue weighted by molar-refractivity contribution is 0.0240. The SMILES string of the molecule is CCCCc1ccc(N2C[C@H]3CN(C(=O)OC(C)(C)C)C[C@@H]2C(C)(C)C3)cc1. The molecule has 3 heterocycles. The Kier molecular flexibility index (Phi) is 5.97. The van der Waals surface area contributed by atoms with Crippen LogP contribution in [-0.2, 0) is 11.2 Å². The van der Waals surface area contributed by atoms with Crippen LogP contribution in [0.5, 0.6) is 0 Å². The van der Waals surface area contributed by atoms with Crippen molar-refractivity contribution in [3.63, 3.8) is 0 Å². The van der Waals surface area contributed by atoms with Gasteiger partial charge in [0.2, 0.25) is 0 Å². The third-order valence-electron chi connectivity index (χ3n) is 6.16. The molecule has 0 aliphatic carbocycles. The lowest BCUT2D eigenvalue weighted by atomic mass is 9.73. The van der Waals surface area contributed by atoms with E-state index in [-0.39, 0.29) is 11.5 Å². The number of hydrogen-bond donors (Lipinski definition) is 0. The molecule has 0 unspecified atom stereocenters. The molecule has 3 saturated heterocycles. The largest absolute Gasteiger partial charge is 0.444 e. The van der Waals surface area contributed by atoms with E-state index < -0.39 is 5.60 Å². The van der Waals surface area contributed by atoms with E-state index in [0.717, 1.165) is 32.5 Å². The predicted molar refractivity (Wildman–Crippen MR) is 116 cm³/mol. The van der Waals surface area contributed by atoms with Gasteiger partial charge in [0.1, 0.15) is 5.60 Å². The summed E-state index contributed by atoms with van der Waals surface area (Å²) in [6, 6.07) is 9.42. The molecule has 4 nitrogen and oxygen atoms in total. The van der Waals surface area contributed by atoms with Gasteiger partial charge in [-0.25, -0.2) is 4.79 Å². The summed E-state index contributed by atoms with van der Waals surface area (Å²) in [5.41, 5.74) is 2.42. The molecule has 2 atom stereocenters. The summed E-state index contributed by atoms with van der Waals surface area (Å²) in [5, 5.41) is 0. The van der Waals surface area contributed by atoms with Crippen molar-refractivity contribution in [2.45, 2.75) is 78.9 Å². The molecule has 1 aromatic carbocycles. The van der Waals surface area contributed by atoms with Crippen LogP contribution in [0.3, 0.4) is 0 Å². The van der Waals surface area contributed by atoms with E-state index in [2.05, 4.69) is 49.9 Å². The minimum Gasteiger partial charge on any atom is -0.444 e. The number of fused-ring (bicyclic) bond motifs is 4. The first kappa shape index (κ1) is 21.0. The first-order valence-electron chi connectivity index (χ1n) is 10.9. The molecule has 0 radical (unpaired) electrons. The molecule has 0 N–H and O–H groups in total. The second kappa shape index (κ2) is 7.96. The fourth-order valence-electron chi connectivity index (χ4n) is 4.83. The minimum absolute atomic E-state index is 0.167. The number of carbonyl (C=O) groups is 1. The zero-order chi connectivity index (χ0) is 20.5. The van der Waals surface area contributed by atoms with Crippen molar-refractivity contribution in [3.05, 3.63) is 29.8 Å². The quantitative estimate of drug-likeness (QED) is 0.685. The van der Waals surface area contributed by atoms with Crippen molar-refractivity contribution in [3.8, 4) is 0 Å². The van der Waals surface area contributed by atoms with Crippen LogP contribution in [0.15, 0.2) is 24.3 Å². The lowest BCUT2D eigenvalue weighted by Gasteiger charge is -2.48. The van der Waals surface area contributed by atoms with E-state index in [1.54, 1.807) is 0 Å². The number of aryl methyl sites for hydroxylation is 1. The predicted octanol–water partition coefficient (Wildman–Crippen LogP) is 5.50. The number of hydrogen-bond acceptors (Lipinski definition) is 3. The van der Waals surface area contributed by atoms with E-state index in [0.29, 0.717) is 12.0 Å². The van der Waals surface area contributed by atoms with E-state index in [4.69, 9.17) is 4.74 Å². The van der Waals surface area contributed by atoms with Crippen molar-refractivity contribution in [1.29, 1.82) is 0 Å². The molecule has 0 saturated carbocycles. The van der Waals surface area contributed by atoms with Gasteiger partial charge in [0.15, 0.2) is 0 Å². The summed E-state index contributed by atoms with van der Waals surface area (Å²) in [7, 11) is 0. The number of nitrogens with zero attached hydrogens (tertiary/aromatic N) is 2. The third-order valence-corrected chi connectivity index (χ3v) is 6.16. The Morgan fingerprint density at radius 2 is 1.82 bits per heavy atom. The van der Waals surface area contributed by atoms with Gasteiger partial charge in [0.25, 0.3) is 0 Å². The summed E-state index contributed by atoms with van der Waals surface area (Å²) >= 11 is 0. The molecule has 0 spiro atoms. The molecular formula is C24H38N2O2. The fourth-order valence-corrected chi connectivity index (χ4v) is 4.83. The monoisotopic (exact) mass is 386 g/mol. The highest BCUT2D eigenvalue weighted by atomic mass is 16.6. The summed E-state index contributed by atoms with van der Waals surface area (Å²) < 4.78 is 5.69. The molecule has 28 heavy (non-hydrogen) atoms. The summed E-state index contributed by atoms with van der Waals surface area (Å²) in [4.78, 5) is 17.3. The third kappa shape index (κ3) is 4.82. The average molecular weight is 387 g/mol. The Morgan fingerprint density at radius 3 is 2.43 bits per heavy atom. The molecular weight excluding hydrogens is 348 g/mol. The maximum absolute atomic E-state index is 12.8. The van der Waals surface area contributed by atoms with E-state index >= 15 is 0 Å². The lowest BCUT2D eigenvalue weighted by Crippen LogP contribution is -2.54. The van der Waals surface area contributed by atoms with Gasteiger partial charge in [0, 0.05) is 25.3 Å². The van der Waals surface area contributed by atoms with Crippen LogP contribution in [-0.4, -0.2) is 42.3 Å². The first-order valence-corrected chi connectivity index (χ1v) is 10.9. The highest BCUT2D eigenvalue weighted by Gasteiger charge is 2.47. The van der Waals surface area contributed by atoms with Crippen LogP contribution in [0.25, 0.3) is 0 Å². The first-order chi connectivity index (χ1) is 13.1. The molecule has 4 rings (SSSR count). The van der Waals surface area contributed by atoms with Gasteiger partial charge in [0.05, 0.1) is 6.04 Å². The number of anilines is 1. The van der Waals surface area contributed by atoms with Crippen LogP contribution in [0.4, 0.5) is 10.5 Å². The van der Waals surface area contributed by atoms with Crippen LogP contribution < -0.4 is 4.90 Å². The van der Waals surface area contributed by atoms with Crippen LogP contribution >= 0.6 is 0 Å². The van der Waals surface area contributed by atoms with E-state index in [1.807, 2.05) is 25.7 Å². The summed E-state index contributed by atoms with van der Waals surface area (Å²) in [5.74, 6) is 0.473. The van der Waals surface area contributed by atoms with Gasteiger partial charge in [-0.05, 0) is 69.1 Å². The Morgan fingerprint density at radius 1 is 1.14 bits per heavy atom. The van der Waals surface area contributed by atoms with E-state index in [1.165, 1.54) is 24.1 Å². The second-order valence-electron chi connectivity index (χ2n) is 10.4. The normalized spacial score (nSPS) is 24.2. The highest BCUT2D eigenvalue weighted by Crippen LogP contribution is 2.43. The number of carbonyl (C=O) groups excluding carboxylic acids is 1. The van der Waals surface area contributed by atoms with Gasteiger partial charge in [-0.2, -0.15) is 0 Å². The molecule has 3 aliphatic rings. The number of unbranched alkanes of at least 4 members (excludes halogenated alkanes) is 1. The van der Waals surface area contributed by atoms with Crippen molar-refractivity contribution in [1.82, 2.24) is 4.90 Å². The zero-order valence-electron chi connectivity index (χ0n) is 18.6. The van der Waals surface area contributed by atoms with E-state index in [9.17, 15) is 4.79 Å². The summed E-state index contributed by atoms with van der Waals surface area (Å²) in [6.45, 7) is 15.3. The summed E-state index contributed by atoms with van der Waals surface area (Å²) in [6.07, 6.45) is 4.61. The highest BCUT2D eigenvalue weighted by molar-refractivity contribution is 5.68. The Bertz CT molecular complexity index is 675. The topological polar surface area (TPSA) is 32.8 Å². The van der Waals surface area contributed by atoms with Crippen molar-refractivity contribution >= 4 is 11.8 Å². The van der Waals surface area contributed by atoms with Gasteiger partial charge in [-0.3, -0.25) is 0 Å². The van der Waals surface area contributed by atoms with Crippen LogP contribution in [0, 0.1) is 11.3 Å². The smallest absolute Gasteiger partial charge is 0.410 e. The van der Waals surface area contributed by atoms with Gasteiger partial charge >= 0.3 is 6.09 Å². The average Bonchev–Trinajstić information content (AvgIpc) is 2.86. The van der Waals surface area contributed by atoms with Crippen molar-refractivity contribution < 1.29 is 9.53 Å². The number of ether oxygens (including phenoxy) is 1. The maximum Gasteiger partial charge on any atom is 0.410 e. The van der Waals surface area contributed by atoms with Gasteiger partial charge in [-0.1, -0.05) is 39.3 Å². The standard InChI is InChI=1S/C24H38N2O2/c1-7-8-9-18-10-12-20(13-11-18)26-16-19-14-24(5,6)21(26)17-25(15-19)22(27)28-23(2,3)4/h10-13,19,21H,7-9,14-17H2,1-6H3/t19-,21-/m1/s1. The molecule has 1 amide bonds. The Balaban J connectivity index is 1.80. The molecule has 3 aliphatic heterocycles. The van der Waals surface area contributed by atoms with Gasteiger partial charge < -0.3 is 14.5 Å². The molecule has 156 valence electrons. The Labute approximate surface area is 171 Å². The molecule has 4 heteroatoms. The van der Waals surface area contributed by atoms with Crippen molar-refractivity contribution in [2.75, 3.05) is 24.5 Å². The van der Waals surface area contributed by atoms with Gasteiger partial charge in [-0.15, -0.1) is 0 Å². The second-order valence-corrected chi connectivity index (χ2v) is 10.4. The number of amides is 1. The molecule has 3 fully saturated rings. The van der Waals surface area contributed by atoms with Crippen LogP contribution in [0.2, 0.25) is 0 Å².